The predicted octanol–water partition coefficient (Wildman–Crippen LogP) is 1.84. The van der Waals surface area contributed by atoms with E-state index in [9.17, 15) is 0 Å². The van der Waals surface area contributed by atoms with Gasteiger partial charge in [0.2, 0.25) is 0 Å². The predicted molar refractivity (Wildman–Crippen MR) is 77.0 cm³/mol. The summed E-state index contributed by atoms with van der Waals surface area (Å²) in [6.07, 6.45) is 2.31. The number of likely N-dealkylation sites (tertiary alicyclic amines) is 1. The zero-order valence-electron chi connectivity index (χ0n) is 11.9. The highest BCUT2D eigenvalue weighted by Crippen LogP contribution is 2.36. The van der Waals surface area contributed by atoms with Crippen LogP contribution in [-0.4, -0.2) is 45.3 Å². The Hall–Kier alpha value is -1.26. The number of hydrogen-bond acceptors (Lipinski definition) is 4. The van der Waals surface area contributed by atoms with E-state index >= 15 is 0 Å². The molecule has 1 heterocycles. The molecule has 0 unspecified atom stereocenters. The van der Waals surface area contributed by atoms with Gasteiger partial charge in [-0.15, -0.1) is 0 Å². The Morgan fingerprint density at radius 1 is 1.21 bits per heavy atom. The third-order valence-corrected chi connectivity index (χ3v) is 3.91. The fourth-order valence-electron chi connectivity index (χ4n) is 2.81. The van der Waals surface area contributed by atoms with Gasteiger partial charge < -0.3 is 20.1 Å². The van der Waals surface area contributed by atoms with Gasteiger partial charge in [-0.3, -0.25) is 0 Å². The van der Waals surface area contributed by atoms with Gasteiger partial charge in [-0.25, -0.2) is 0 Å². The normalized spacial score (nSPS) is 17.4. The van der Waals surface area contributed by atoms with Gasteiger partial charge in [0, 0.05) is 18.7 Å². The van der Waals surface area contributed by atoms with Crippen LogP contribution < -0.4 is 15.2 Å². The summed E-state index contributed by atoms with van der Waals surface area (Å²) in [4.78, 5) is 2.43. The molecule has 19 heavy (non-hydrogen) atoms. The molecule has 0 aliphatic carbocycles. The highest BCUT2D eigenvalue weighted by Gasteiger charge is 2.23. The molecule has 0 bridgehead atoms. The van der Waals surface area contributed by atoms with Gasteiger partial charge in [-0.05, 0) is 50.0 Å². The molecular formula is C15H24N2O2. The maximum absolute atomic E-state index is 5.61. The Morgan fingerprint density at radius 2 is 1.95 bits per heavy atom. The molecule has 1 fully saturated rings. The van der Waals surface area contributed by atoms with Crippen LogP contribution in [0, 0.1) is 0 Å². The minimum absolute atomic E-state index is 0.555. The van der Waals surface area contributed by atoms with E-state index in [-0.39, 0.29) is 0 Å². The van der Waals surface area contributed by atoms with E-state index in [2.05, 4.69) is 11.0 Å². The Balaban J connectivity index is 2.09. The largest absolute Gasteiger partial charge is 0.497 e. The number of nitrogens with zero attached hydrogens (tertiary/aromatic N) is 1. The number of piperidine rings is 1. The summed E-state index contributed by atoms with van der Waals surface area (Å²) in [7, 11) is 3.43. The molecule has 1 aromatic rings. The molecule has 1 aromatic carbocycles. The van der Waals surface area contributed by atoms with Crippen molar-refractivity contribution in [3.05, 3.63) is 23.8 Å². The molecular weight excluding hydrogens is 240 g/mol. The average Bonchev–Trinajstić information content (AvgIpc) is 2.47. The van der Waals surface area contributed by atoms with Crippen molar-refractivity contribution in [2.75, 3.05) is 40.4 Å². The van der Waals surface area contributed by atoms with Crippen LogP contribution in [0.1, 0.15) is 24.3 Å². The fraction of sp³-hybridized carbons (Fsp3) is 0.600. The SMILES string of the molecule is COc1ccc(OC)c(C2CCN(CCN)CC2)c1. The van der Waals surface area contributed by atoms with Crippen LogP contribution in [0.15, 0.2) is 18.2 Å². The first-order valence-corrected chi connectivity index (χ1v) is 6.92. The summed E-state index contributed by atoms with van der Waals surface area (Å²) in [5.74, 6) is 2.43. The second kappa shape index (κ2) is 6.78. The van der Waals surface area contributed by atoms with Gasteiger partial charge in [0.15, 0.2) is 0 Å². The first-order chi connectivity index (χ1) is 9.28. The highest BCUT2D eigenvalue weighted by atomic mass is 16.5. The van der Waals surface area contributed by atoms with Crippen molar-refractivity contribution < 1.29 is 9.47 Å². The first kappa shape index (κ1) is 14.2. The van der Waals surface area contributed by atoms with Gasteiger partial charge in [-0.2, -0.15) is 0 Å². The van der Waals surface area contributed by atoms with Crippen molar-refractivity contribution >= 4 is 0 Å². The number of methoxy groups -OCH3 is 2. The maximum Gasteiger partial charge on any atom is 0.122 e. The van der Waals surface area contributed by atoms with E-state index in [1.165, 1.54) is 5.56 Å². The number of ether oxygens (including phenoxy) is 2. The van der Waals surface area contributed by atoms with Gasteiger partial charge in [0.1, 0.15) is 11.5 Å². The molecule has 106 valence electrons. The molecule has 1 aliphatic rings. The number of rotatable bonds is 5. The van der Waals surface area contributed by atoms with Crippen LogP contribution in [0.3, 0.4) is 0 Å². The topological polar surface area (TPSA) is 47.7 Å². The minimum atomic E-state index is 0.555. The highest BCUT2D eigenvalue weighted by molar-refractivity contribution is 5.42. The van der Waals surface area contributed by atoms with E-state index in [0.717, 1.165) is 50.5 Å². The molecule has 0 amide bonds. The summed E-state index contributed by atoms with van der Waals surface area (Å²) >= 11 is 0. The zero-order chi connectivity index (χ0) is 13.7. The third kappa shape index (κ3) is 3.39. The molecule has 0 spiro atoms. The Bertz CT molecular complexity index is 401. The summed E-state index contributed by atoms with van der Waals surface area (Å²) < 4.78 is 10.8. The van der Waals surface area contributed by atoms with Crippen molar-refractivity contribution in [2.24, 2.45) is 5.73 Å². The Kier molecular flexibility index (Phi) is 5.05. The van der Waals surface area contributed by atoms with Crippen molar-refractivity contribution in [1.82, 2.24) is 4.90 Å². The van der Waals surface area contributed by atoms with E-state index < -0.39 is 0 Å². The number of nitrogens with two attached hydrogens (primary N) is 1. The van der Waals surface area contributed by atoms with E-state index in [0.29, 0.717) is 5.92 Å². The Labute approximate surface area is 115 Å². The van der Waals surface area contributed by atoms with Crippen molar-refractivity contribution in [3.63, 3.8) is 0 Å². The van der Waals surface area contributed by atoms with Crippen LogP contribution in [0.2, 0.25) is 0 Å². The molecule has 1 aliphatic heterocycles. The smallest absolute Gasteiger partial charge is 0.122 e. The fourth-order valence-corrected chi connectivity index (χ4v) is 2.81. The molecule has 2 rings (SSSR count). The summed E-state index contributed by atoms with van der Waals surface area (Å²) in [5.41, 5.74) is 6.88. The molecule has 1 saturated heterocycles. The zero-order valence-corrected chi connectivity index (χ0v) is 11.9. The van der Waals surface area contributed by atoms with E-state index in [1.807, 2.05) is 12.1 Å². The monoisotopic (exact) mass is 264 g/mol. The lowest BCUT2D eigenvalue weighted by Crippen LogP contribution is -2.36. The maximum atomic E-state index is 5.61. The molecule has 0 radical (unpaired) electrons. The number of hydrogen-bond donors (Lipinski definition) is 1. The van der Waals surface area contributed by atoms with Crippen LogP contribution in [0.25, 0.3) is 0 Å². The molecule has 4 nitrogen and oxygen atoms in total. The first-order valence-electron chi connectivity index (χ1n) is 6.92. The molecule has 0 saturated carbocycles. The van der Waals surface area contributed by atoms with Crippen LogP contribution in [0.4, 0.5) is 0 Å². The summed E-state index contributed by atoms with van der Waals surface area (Å²) in [6, 6.07) is 6.06. The number of benzene rings is 1. The standard InChI is InChI=1S/C15H24N2O2/c1-18-13-3-4-15(19-2)14(11-13)12-5-8-17(9-6-12)10-7-16/h3-4,11-12H,5-10,16H2,1-2H3. The van der Waals surface area contributed by atoms with Gasteiger partial charge >= 0.3 is 0 Å². The van der Waals surface area contributed by atoms with Crippen molar-refractivity contribution in [2.45, 2.75) is 18.8 Å². The second-order valence-electron chi connectivity index (χ2n) is 5.01. The molecule has 4 heteroatoms. The molecule has 0 aromatic heterocycles. The summed E-state index contributed by atoms with van der Waals surface area (Å²) in [6.45, 7) is 3.97. The minimum Gasteiger partial charge on any atom is -0.497 e. The van der Waals surface area contributed by atoms with Gasteiger partial charge in [0.05, 0.1) is 14.2 Å². The third-order valence-electron chi connectivity index (χ3n) is 3.91. The lowest BCUT2D eigenvalue weighted by Gasteiger charge is -2.32. The Morgan fingerprint density at radius 3 is 2.53 bits per heavy atom. The van der Waals surface area contributed by atoms with Crippen LogP contribution in [-0.2, 0) is 0 Å². The van der Waals surface area contributed by atoms with Crippen LogP contribution >= 0.6 is 0 Å². The summed E-state index contributed by atoms with van der Waals surface area (Å²) in [5, 5.41) is 0. The molecule has 0 atom stereocenters. The lowest BCUT2D eigenvalue weighted by molar-refractivity contribution is 0.216. The molecule has 2 N–H and O–H groups in total. The van der Waals surface area contributed by atoms with Crippen molar-refractivity contribution in [3.8, 4) is 11.5 Å². The van der Waals surface area contributed by atoms with Gasteiger partial charge in [0.25, 0.3) is 0 Å². The van der Waals surface area contributed by atoms with Gasteiger partial charge in [-0.1, -0.05) is 0 Å². The quantitative estimate of drug-likeness (QED) is 0.881. The van der Waals surface area contributed by atoms with Crippen molar-refractivity contribution in [1.29, 1.82) is 0 Å². The second-order valence-corrected chi connectivity index (χ2v) is 5.01. The average molecular weight is 264 g/mol. The van der Waals surface area contributed by atoms with E-state index in [4.69, 9.17) is 15.2 Å². The lowest BCUT2D eigenvalue weighted by atomic mass is 9.88. The van der Waals surface area contributed by atoms with E-state index in [1.54, 1.807) is 14.2 Å². The van der Waals surface area contributed by atoms with Crippen LogP contribution in [0.5, 0.6) is 11.5 Å².